The Bertz CT molecular complexity index is 614. The zero-order chi connectivity index (χ0) is 12.1. The van der Waals surface area contributed by atoms with Gasteiger partial charge in [0.25, 0.3) is 0 Å². The molecule has 0 aliphatic carbocycles. The van der Waals surface area contributed by atoms with Crippen molar-refractivity contribution in [2.45, 2.75) is 0 Å². The van der Waals surface area contributed by atoms with Gasteiger partial charge in [0.05, 0.1) is 6.33 Å². The third-order valence-electron chi connectivity index (χ3n) is 1.98. The van der Waals surface area contributed by atoms with E-state index in [1.807, 2.05) is 18.2 Å². The summed E-state index contributed by atoms with van der Waals surface area (Å²) in [6.45, 7) is 0. The third kappa shape index (κ3) is 2.46. The summed E-state index contributed by atoms with van der Waals surface area (Å²) in [6.07, 6.45) is 6.33. The number of rotatable bonds is 0. The average molecular weight is 229 g/mol. The quantitative estimate of drug-likeness (QED) is 0.472. The van der Waals surface area contributed by atoms with Gasteiger partial charge in [-0.2, -0.15) is 0 Å². The van der Waals surface area contributed by atoms with Crippen LogP contribution >= 0.6 is 0 Å². The molecule has 0 aromatic carbocycles. The molecule has 0 aliphatic heterocycles. The fourth-order valence-corrected chi connectivity index (χ4v) is 1.21. The number of pyridine rings is 1. The van der Waals surface area contributed by atoms with Crippen molar-refractivity contribution < 1.29 is 0 Å². The van der Waals surface area contributed by atoms with E-state index in [9.17, 15) is 0 Å². The summed E-state index contributed by atoms with van der Waals surface area (Å²) >= 11 is 0. The molecule has 3 heterocycles. The maximum Gasteiger partial charge on any atom is 0.181 e. The highest BCUT2D eigenvalue weighted by Gasteiger charge is 1.99. The van der Waals surface area contributed by atoms with E-state index in [-0.39, 0.29) is 5.49 Å². The first kappa shape index (κ1) is 10.8. The maximum absolute atomic E-state index is 7.33. The minimum Gasteiger partial charge on any atom is -0.340 e. The number of imidazole rings is 1. The summed E-state index contributed by atoms with van der Waals surface area (Å²) in [5.41, 5.74) is 1.24. The molecule has 17 heavy (non-hydrogen) atoms. The van der Waals surface area contributed by atoms with Gasteiger partial charge in [0.1, 0.15) is 11.8 Å². The normalized spacial score (nSPS) is 9.65. The molecule has 3 rings (SSSR count). The van der Waals surface area contributed by atoms with E-state index >= 15 is 0 Å². The minimum atomic E-state index is 0.152. The molecular formula is C10H11N7. The molecule has 0 fully saturated rings. The molecule has 0 aliphatic rings. The SMILES string of the molecule is N=c1ncn(N)c2nc[nH]c12.c1ccncc1. The van der Waals surface area contributed by atoms with Crippen LogP contribution < -0.4 is 11.3 Å². The van der Waals surface area contributed by atoms with E-state index < -0.39 is 0 Å². The molecule has 3 aromatic heterocycles. The van der Waals surface area contributed by atoms with Crippen LogP contribution in [-0.4, -0.2) is 24.6 Å². The fourth-order valence-electron chi connectivity index (χ4n) is 1.21. The number of nitrogens with two attached hydrogens (primary N) is 1. The van der Waals surface area contributed by atoms with Crippen LogP contribution in [0.15, 0.2) is 43.2 Å². The highest BCUT2D eigenvalue weighted by Crippen LogP contribution is 1.96. The molecule has 0 atom stereocenters. The van der Waals surface area contributed by atoms with Crippen LogP contribution in [-0.2, 0) is 0 Å². The van der Waals surface area contributed by atoms with Gasteiger partial charge in [0.2, 0.25) is 0 Å². The van der Waals surface area contributed by atoms with Gasteiger partial charge in [-0.25, -0.2) is 14.6 Å². The van der Waals surface area contributed by atoms with Gasteiger partial charge in [-0.3, -0.25) is 10.4 Å². The van der Waals surface area contributed by atoms with Gasteiger partial charge in [-0.1, -0.05) is 6.07 Å². The number of aromatic amines is 1. The molecule has 0 unspecified atom stereocenters. The molecule has 3 aromatic rings. The first-order valence-corrected chi connectivity index (χ1v) is 4.84. The summed E-state index contributed by atoms with van der Waals surface area (Å²) in [4.78, 5) is 14.2. The number of nitrogens with one attached hydrogen (secondary N) is 2. The number of nitrogen functional groups attached to an aromatic ring is 1. The number of nitrogens with zero attached hydrogens (tertiary/aromatic N) is 4. The standard InChI is InChI=1S/C5H6N6.C5H5N/c6-4-3-5(9-1-8-3)11(7)2-10-4;1-2-4-6-5-3-1/h1-2,6H,7H2,(H,8,9);1-5H. The molecule has 0 saturated heterocycles. The topological polar surface area (TPSA) is 109 Å². The lowest BCUT2D eigenvalue weighted by Crippen LogP contribution is -2.17. The van der Waals surface area contributed by atoms with E-state index in [1.165, 1.54) is 17.3 Å². The van der Waals surface area contributed by atoms with Crippen LogP contribution in [0.2, 0.25) is 0 Å². The van der Waals surface area contributed by atoms with Crippen LogP contribution in [0.1, 0.15) is 0 Å². The predicted octanol–water partition coefficient (Wildman–Crippen LogP) is 0.0343. The first-order valence-electron chi connectivity index (χ1n) is 4.84. The Kier molecular flexibility index (Phi) is 3.10. The lowest BCUT2D eigenvalue weighted by Gasteiger charge is -1.95. The lowest BCUT2D eigenvalue weighted by atomic mass is 10.5. The Morgan fingerprint density at radius 2 is 1.94 bits per heavy atom. The Morgan fingerprint density at radius 1 is 1.18 bits per heavy atom. The van der Waals surface area contributed by atoms with Crippen molar-refractivity contribution in [3.63, 3.8) is 0 Å². The van der Waals surface area contributed by atoms with Gasteiger partial charge in [0.15, 0.2) is 11.1 Å². The smallest absolute Gasteiger partial charge is 0.181 e. The average Bonchev–Trinajstić information content (AvgIpc) is 2.87. The third-order valence-corrected chi connectivity index (χ3v) is 1.98. The molecule has 86 valence electrons. The van der Waals surface area contributed by atoms with Crippen LogP contribution in [0.3, 0.4) is 0 Å². The molecule has 7 heteroatoms. The second-order valence-corrected chi connectivity index (χ2v) is 3.13. The van der Waals surface area contributed by atoms with Crippen molar-refractivity contribution in [1.82, 2.24) is 24.6 Å². The molecule has 7 nitrogen and oxygen atoms in total. The lowest BCUT2D eigenvalue weighted by molar-refractivity contribution is 0.935. The molecule has 0 spiro atoms. The fraction of sp³-hybridized carbons (Fsp3) is 0. The molecule has 0 radical (unpaired) electrons. The largest absolute Gasteiger partial charge is 0.340 e. The summed E-state index contributed by atoms with van der Waals surface area (Å²) in [5, 5.41) is 7.33. The molecule has 4 N–H and O–H groups in total. The van der Waals surface area contributed by atoms with Crippen molar-refractivity contribution >= 4 is 11.2 Å². The highest BCUT2D eigenvalue weighted by atomic mass is 15.3. The zero-order valence-electron chi connectivity index (χ0n) is 8.91. The monoisotopic (exact) mass is 229 g/mol. The second-order valence-electron chi connectivity index (χ2n) is 3.13. The van der Waals surface area contributed by atoms with Gasteiger partial charge in [0, 0.05) is 12.4 Å². The van der Waals surface area contributed by atoms with Crippen molar-refractivity contribution in [2.24, 2.45) is 0 Å². The summed E-state index contributed by atoms with van der Waals surface area (Å²) < 4.78 is 1.27. The number of hydrogen-bond acceptors (Lipinski definition) is 5. The molecule has 0 bridgehead atoms. The summed E-state index contributed by atoms with van der Waals surface area (Å²) in [7, 11) is 0. The van der Waals surface area contributed by atoms with Gasteiger partial charge in [-0.05, 0) is 12.1 Å². The van der Waals surface area contributed by atoms with Crippen LogP contribution in [0.25, 0.3) is 11.2 Å². The Balaban J connectivity index is 0.000000153. The summed E-state index contributed by atoms with van der Waals surface area (Å²) in [6, 6.07) is 5.72. The van der Waals surface area contributed by atoms with Gasteiger partial charge < -0.3 is 10.8 Å². The van der Waals surface area contributed by atoms with Crippen LogP contribution in [0, 0.1) is 5.41 Å². The second kappa shape index (κ2) is 4.88. The van der Waals surface area contributed by atoms with Crippen LogP contribution in [0.5, 0.6) is 0 Å². The molecule has 0 amide bonds. The number of hydrogen-bond donors (Lipinski definition) is 3. The highest BCUT2D eigenvalue weighted by molar-refractivity contribution is 5.68. The van der Waals surface area contributed by atoms with E-state index in [1.54, 1.807) is 12.4 Å². The van der Waals surface area contributed by atoms with Crippen molar-refractivity contribution in [1.29, 1.82) is 5.41 Å². The Hall–Kier alpha value is -2.70. The Labute approximate surface area is 96.5 Å². The number of fused-ring (bicyclic) bond motifs is 1. The first-order chi connectivity index (χ1) is 8.29. The maximum atomic E-state index is 7.33. The predicted molar refractivity (Wildman–Crippen MR) is 62.1 cm³/mol. The van der Waals surface area contributed by atoms with Gasteiger partial charge in [-0.15, -0.1) is 0 Å². The van der Waals surface area contributed by atoms with E-state index in [4.69, 9.17) is 11.3 Å². The number of aromatic nitrogens is 5. The molecular weight excluding hydrogens is 218 g/mol. The zero-order valence-corrected chi connectivity index (χ0v) is 8.91. The minimum absolute atomic E-state index is 0.152. The van der Waals surface area contributed by atoms with E-state index in [2.05, 4.69) is 19.9 Å². The van der Waals surface area contributed by atoms with Crippen LogP contribution in [0.4, 0.5) is 0 Å². The van der Waals surface area contributed by atoms with Crippen molar-refractivity contribution in [3.05, 3.63) is 48.7 Å². The molecule has 0 saturated carbocycles. The summed E-state index contributed by atoms with van der Waals surface area (Å²) in [5.74, 6) is 5.46. The van der Waals surface area contributed by atoms with E-state index in [0.717, 1.165) is 0 Å². The van der Waals surface area contributed by atoms with E-state index in [0.29, 0.717) is 11.2 Å². The van der Waals surface area contributed by atoms with Crippen molar-refractivity contribution in [2.75, 3.05) is 5.84 Å². The van der Waals surface area contributed by atoms with Crippen molar-refractivity contribution in [3.8, 4) is 0 Å². The van der Waals surface area contributed by atoms with Gasteiger partial charge >= 0.3 is 0 Å². The number of H-pyrrole nitrogens is 1. The Morgan fingerprint density at radius 3 is 2.47 bits per heavy atom.